The normalized spacial score (nSPS) is 11.0. The SMILES string of the molecule is Cc1ccc(S(=O)(=O)Nc2ccccc2C(=O)NNc2c(C)cccc2C)cc1. The number of hydrazine groups is 1. The van der Waals surface area contributed by atoms with Crippen molar-refractivity contribution in [2.24, 2.45) is 0 Å². The Morgan fingerprint density at radius 3 is 2.07 bits per heavy atom. The van der Waals surface area contributed by atoms with Crippen LogP contribution >= 0.6 is 0 Å². The van der Waals surface area contributed by atoms with Crippen molar-refractivity contribution in [3.05, 3.63) is 89.0 Å². The van der Waals surface area contributed by atoms with Gasteiger partial charge in [0.05, 0.1) is 21.8 Å². The fraction of sp³-hybridized carbons (Fsp3) is 0.136. The summed E-state index contributed by atoms with van der Waals surface area (Å²) in [7, 11) is -3.82. The van der Waals surface area contributed by atoms with Gasteiger partial charge in [0.1, 0.15) is 0 Å². The van der Waals surface area contributed by atoms with Crippen molar-refractivity contribution >= 4 is 27.3 Å². The summed E-state index contributed by atoms with van der Waals surface area (Å²) in [6, 6.07) is 18.8. The van der Waals surface area contributed by atoms with Gasteiger partial charge in [0, 0.05) is 0 Å². The lowest BCUT2D eigenvalue weighted by atomic mass is 10.1. The molecule has 0 atom stereocenters. The number of carbonyl (C=O) groups excluding carboxylic acids is 1. The third kappa shape index (κ3) is 4.75. The van der Waals surface area contributed by atoms with Gasteiger partial charge in [-0.15, -0.1) is 0 Å². The average Bonchev–Trinajstić information content (AvgIpc) is 2.68. The summed E-state index contributed by atoms with van der Waals surface area (Å²) in [6.45, 7) is 5.75. The minimum atomic E-state index is -3.82. The van der Waals surface area contributed by atoms with Crippen molar-refractivity contribution in [1.82, 2.24) is 5.43 Å². The summed E-state index contributed by atoms with van der Waals surface area (Å²) < 4.78 is 27.9. The molecule has 0 radical (unpaired) electrons. The number of aryl methyl sites for hydroxylation is 3. The van der Waals surface area contributed by atoms with Gasteiger partial charge >= 0.3 is 0 Å². The molecule has 7 heteroatoms. The predicted molar refractivity (Wildman–Crippen MR) is 115 cm³/mol. The number of benzene rings is 3. The first kappa shape index (κ1) is 20.4. The number of hydrogen-bond acceptors (Lipinski definition) is 4. The van der Waals surface area contributed by atoms with E-state index in [0.29, 0.717) is 0 Å². The molecule has 3 N–H and O–H groups in total. The zero-order chi connectivity index (χ0) is 21.0. The van der Waals surface area contributed by atoms with E-state index in [1.807, 2.05) is 39.0 Å². The highest BCUT2D eigenvalue weighted by Gasteiger charge is 2.18. The second-order valence-corrected chi connectivity index (χ2v) is 8.49. The molecule has 3 aromatic carbocycles. The molecular weight excluding hydrogens is 386 g/mol. The second kappa shape index (κ2) is 8.36. The van der Waals surface area contributed by atoms with E-state index in [1.54, 1.807) is 36.4 Å². The van der Waals surface area contributed by atoms with Crippen LogP contribution in [-0.4, -0.2) is 14.3 Å². The van der Waals surface area contributed by atoms with E-state index in [1.165, 1.54) is 12.1 Å². The Labute approximate surface area is 171 Å². The van der Waals surface area contributed by atoms with Crippen LogP contribution in [0.4, 0.5) is 11.4 Å². The van der Waals surface area contributed by atoms with Gasteiger partial charge in [0.25, 0.3) is 15.9 Å². The van der Waals surface area contributed by atoms with Gasteiger partial charge in [-0.2, -0.15) is 0 Å². The Morgan fingerprint density at radius 2 is 1.41 bits per heavy atom. The number of anilines is 2. The number of sulfonamides is 1. The number of hydrogen-bond donors (Lipinski definition) is 3. The monoisotopic (exact) mass is 409 g/mol. The molecule has 0 aliphatic heterocycles. The molecule has 3 rings (SSSR count). The first-order valence-electron chi connectivity index (χ1n) is 9.09. The number of carbonyl (C=O) groups is 1. The maximum absolute atomic E-state index is 12.7. The van der Waals surface area contributed by atoms with Crippen molar-refractivity contribution in [2.75, 3.05) is 10.1 Å². The molecule has 0 heterocycles. The van der Waals surface area contributed by atoms with Crippen molar-refractivity contribution in [2.45, 2.75) is 25.7 Å². The van der Waals surface area contributed by atoms with Crippen molar-refractivity contribution in [1.29, 1.82) is 0 Å². The van der Waals surface area contributed by atoms with Crippen LogP contribution in [0.25, 0.3) is 0 Å². The molecule has 0 saturated carbocycles. The Balaban J connectivity index is 1.81. The van der Waals surface area contributed by atoms with E-state index in [0.717, 1.165) is 22.4 Å². The largest absolute Gasteiger partial charge is 0.298 e. The molecule has 0 unspecified atom stereocenters. The van der Waals surface area contributed by atoms with Crippen LogP contribution in [0.5, 0.6) is 0 Å². The van der Waals surface area contributed by atoms with Crippen LogP contribution in [0.2, 0.25) is 0 Å². The van der Waals surface area contributed by atoms with Crippen LogP contribution < -0.4 is 15.6 Å². The van der Waals surface area contributed by atoms with Crippen LogP contribution in [0.15, 0.2) is 71.6 Å². The molecule has 0 aliphatic carbocycles. The Hall–Kier alpha value is -3.32. The highest BCUT2D eigenvalue weighted by Crippen LogP contribution is 2.22. The molecule has 0 spiro atoms. The van der Waals surface area contributed by atoms with E-state index in [-0.39, 0.29) is 16.1 Å². The molecule has 150 valence electrons. The van der Waals surface area contributed by atoms with Crippen LogP contribution in [0.1, 0.15) is 27.0 Å². The molecule has 29 heavy (non-hydrogen) atoms. The molecule has 6 nitrogen and oxygen atoms in total. The fourth-order valence-corrected chi connectivity index (χ4v) is 3.97. The minimum absolute atomic E-state index is 0.131. The quantitative estimate of drug-likeness (QED) is 0.533. The summed E-state index contributed by atoms with van der Waals surface area (Å²) in [5, 5.41) is 0. The van der Waals surface area contributed by atoms with Gasteiger partial charge in [-0.05, 0) is 56.2 Å². The van der Waals surface area contributed by atoms with Crippen LogP contribution in [0.3, 0.4) is 0 Å². The second-order valence-electron chi connectivity index (χ2n) is 6.81. The first-order chi connectivity index (χ1) is 13.8. The van der Waals surface area contributed by atoms with Crippen molar-refractivity contribution in [3.8, 4) is 0 Å². The van der Waals surface area contributed by atoms with E-state index < -0.39 is 15.9 Å². The zero-order valence-corrected chi connectivity index (χ0v) is 17.3. The van der Waals surface area contributed by atoms with Gasteiger partial charge < -0.3 is 0 Å². The molecule has 0 bridgehead atoms. The Bertz CT molecular complexity index is 1120. The van der Waals surface area contributed by atoms with Gasteiger partial charge in [-0.1, -0.05) is 48.0 Å². The summed E-state index contributed by atoms with van der Waals surface area (Å²) in [4.78, 5) is 12.9. The number of para-hydroxylation sites is 2. The van der Waals surface area contributed by atoms with Crippen LogP contribution in [0, 0.1) is 20.8 Å². The summed E-state index contributed by atoms with van der Waals surface area (Å²) >= 11 is 0. The molecule has 1 amide bonds. The molecule has 0 aromatic heterocycles. The summed E-state index contributed by atoms with van der Waals surface area (Å²) in [5.41, 5.74) is 9.72. The highest BCUT2D eigenvalue weighted by molar-refractivity contribution is 7.92. The molecule has 0 fully saturated rings. The maximum atomic E-state index is 12.7. The lowest BCUT2D eigenvalue weighted by molar-refractivity contribution is 0.0963. The Kier molecular flexibility index (Phi) is 5.89. The lowest BCUT2D eigenvalue weighted by Crippen LogP contribution is -2.31. The predicted octanol–water partition coefficient (Wildman–Crippen LogP) is 4.17. The number of amides is 1. The van der Waals surface area contributed by atoms with Gasteiger partial charge in [0.15, 0.2) is 0 Å². The smallest absolute Gasteiger partial charge is 0.271 e. The maximum Gasteiger partial charge on any atom is 0.271 e. The first-order valence-corrected chi connectivity index (χ1v) is 10.6. The topological polar surface area (TPSA) is 87.3 Å². The fourth-order valence-electron chi connectivity index (χ4n) is 2.89. The van der Waals surface area contributed by atoms with E-state index >= 15 is 0 Å². The van der Waals surface area contributed by atoms with Crippen molar-refractivity contribution in [3.63, 3.8) is 0 Å². The third-order valence-corrected chi connectivity index (χ3v) is 5.91. The van der Waals surface area contributed by atoms with E-state index in [2.05, 4.69) is 15.6 Å². The number of rotatable bonds is 6. The highest BCUT2D eigenvalue weighted by atomic mass is 32.2. The van der Waals surface area contributed by atoms with E-state index in [4.69, 9.17) is 0 Å². The van der Waals surface area contributed by atoms with Gasteiger partial charge in [-0.3, -0.25) is 20.4 Å². The zero-order valence-electron chi connectivity index (χ0n) is 16.5. The van der Waals surface area contributed by atoms with Crippen molar-refractivity contribution < 1.29 is 13.2 Å². The molecule has 0 saturated heterocycles. The Morgan fingerprint density at radius 1 is 0.793 bits per heavy atom. The third-order valence-electron chi connectivity index (χ3n) is 4.53. The minimum Gasteiger partial charge on any atom is -0.298 e. The number of nitrogens with one attached hydrogen (secondary N) is 3. The molecule has 0 aliphatic rings. The molecular formula is C22H23N3O3S. The summed E-state index contributed by atoms with van der Waals surface area (Å²) in [5.74, 6) is -0.449. The van der Waals surface area contributed by atoms with E-state index in [9.17, 15) is 13.2 Å². The standard InChI is InChI=1S/C22H23N3O3S/c1-15-11-13-18(14-12-15)29(27,28)25-20-10-5-4-9-19(20)22(26)24-23-21-16(2)7-6-8-17(21)3/h4-14,23,25H,1-3H3,(H,24,26). The lowest BCUT2D eigenvalue weighted by Gasteiger charge is -2.16. The van der Waals surface area contributed by atoms with Gasteiger partial charge in [0.2, 0.25) is 0 Å². The molecule has 3 aromatic rings. The van der Waals surface area contributed by atoms with Crippen LogP contribution in [-0.2, 0) is 10.0 Å². The van der Waals surface area contributed by atoms with Gasteiger partial charge in [-0.25, -0.2) is 8.42 Å². The summed E-state index contributed by atoms with van der Waals surface area (Å²) in [6.07, 6.45) is 0. The average molecular weight is 410 g/mol.